The fourth-order valence-corrected chi connectivity index (χ4v) is 5.20. The summed E-state index contributed by atoms with van der Waals surface area (Å²) in [4.78, 5) is -0.495. The third kappa shape index (κ3) is 4.75. The third-order valence-electron chi connectivity index (χ3n) is 2.97. The predicted octanol–water partition coefficient (Wildman–Crippen LogP) is 2.80. The number of rotatable bonds is 6. The lowest BCUT2D eigenvalue weighted by Crippen LogP contribution is -2.06. The monoisotopic (exact) mass is 390 g/mol. The van der Waals surface area contributed by atoms with Crippen LogP contribution >= 0.6 is 8.25 Å². The second kappa shape index (κ2) is 7.16. The fraction of sp³-hybridized carbons (Fsp3) is 0.143. The molecule has 0 N–H and O–H groups in total. The minimum absolute atomic E-state index is 0.247. The Morgan fingerprint density at radius 3 is 1.25 bits per heavy atom. The second-order valence-corrected chi connectivity index (χ2v) is 9.54. The molecule has 2 rings (SSSR count). The van der Waals surface area contributed by atoms with Crippen LogP contribution in [0.4, 0.5) is 0 Å². The Labute approximate surface area is 141 Å². The lowest BCUT2D eigenvalue weighted by atomic mass is 10.2. The molecule has 0 fully saturated rings. The minimum atomic E-state index is -4.39. The van der Waals surface area contributed by atoms with Crippen molar-refractivity contribution in [1.82, 2.24) is 0 Å². The van der Waals surface area contributed by atoms with E-state index < -0.39 is 28.5 Å². The van der Waals surface area contributed by atoms with Crippen LogP contribution in [0.5, 0.6) is 0 Å². The summed E-state index contributed by atoms with van der Waals surface area (Å²) in [6.07, 6.45) is 0. The molecule has 24 heavy (non-hydrogen) atoms. The second-order valence-electron chi connectivity index (χ2n) is 4.95. The van der Waals surface area contributed by atoms with Crippen molar-refractivity contribution in [3.8, 4) is 0 Å². The van der Waals surface area contributed by atoms with Crippen LogP contribution in [-0.4, -0.2) is 16.8 Å². The average molecular weight is 390 g/mol. The first-order valence-electron chi connectivity index (χ1n) is 6.66. The molecule has 2 aromatic rings. The molecule has 0 aliphatic carbocycles. The molecule has 7 nitrogen and oxygen atoms in total. The van der Waals surface area contributed by atoms with Crippen LogP contribution in [0.25, 0.3) is 0 Å². The third-order valence-corrected chi connectivity index (χ3v) is 7.52. The van der Waals surface area contributed by atoms with E-state index in [4.69, 9.17) is 0 Å². The standard InChI is InChI=1S/C14H15O7PS2/c1-11-3-7-13(8-4-11)23(16,17)20-22(15)21-24(18,19)14-9-5-12(2)6-10-14/h3-10,22H,1-2H3. The summed E-state index contributed by atoms with van der Waals surface area (Å²) in [6, 6.07) is 11.1. The summed E-state index contributed by atoms with van der Waals surface area (Å²) in [6.45, 7) is 3.52. The van der Waals surface area contributed by atoms with Crippen molar-refractivity contribution in [2.24, 2.45) is 0 Å². The van der Waals surface area contributed by atoms with Gasteiger partial charge in [0.15, 0.2) is 0 Å². The molecule has 0 saturated carbocycles. The van der Waals surface area contributed by atoms with E-state index >= 15 is 0 Å². The molecule has 0 amide bonds. The summed E-state index contributed by atoms with van der Waals surface area (Å²) in [5.74, 6) is 0. The first-order valence-corrected chi connectivity index (χ1v) is 10.7. The molecule has 0 bridgehead atoms. The summed E-state index contributed by atoms with van der Waals surface area (Å²) in [5, 5.41) is 0. The van der Waals surface area contributed by atoms with Gasteiger partial charge in [0, 0.05) is 0 Å². The summed E-state index contributed by atoms with van der Waals surface area (Å²) >= 11 is 0. The summed E-state index contributed by atoms with van der Waals surface area (Å²) in [5.41, 5.74) is 1.64. The van der Waals surface area contributed by atoms with Gasteiger partial charge in [-0.15, -0.1) is 0 Å². The van der Waals surface area contributed by atoms with Crippen molar-refractivity contribution in [2.45, 2.75) is 23.6 Å². The Hall–Kier alpha value is -1.51. The van der Waals surface area contributed by atoms with Crippen LogP contribution in [-0.2, 0) is 32.7 Å². The SMILES string of the molecule is Cc1ccc(S(=O)(=O)O[PH](=O)OS(=O)(=O)c2ccc(C)cc2)cc1. The molecule has 0 spiro atoms. The largest absolute Gasteiger partial charge is 0.348 e. The number of hydrogen-bond acceptors (Lipinski definition) is 7. The van der Waals surface area contributed by atoms with E-state index in [1.54, 1.807) is 13.8 Å². The maximum absolute atomic E-state index is 11.9. The van der Waals surface area contributed by atoms with Crippen LogP contribution in [0.3, 0.4) is 0 Å². The minimum Gasteiger partial charge on any atom is -0.261 e. The Morgan fingerprint density at radius 2 is 0.958 bits per heavy atom. The van der Waals surface area contributed by atoms with Crippen molar-refractivity contribution in [3.63, 3.8) is 0 Å². The number of hydrogen-bond donors (Lipinski definition) is 0. The zero-order chi connectivity index (χ0) is 18.0. The van der Waals surface area contributed by atoms with Gasteiger partial charge in [-0.05, 0) is 38.1 Å². The first kappa shape index (κ1) is 18.8. The number of aryl methyl sites for hydroxylation is 2. The van der Waals surface area contributed by atoms with Gasteiger partial charge in [0.1, 0.15) is 0 Å². The van der Waals surface area contributed by atoms with E-state index in [2.05, 4.69) is 7.94 Å². The van der Waals surface area contributed by atoms with Crippen molar-refractivity contribution in [3.05, 3.63) is 59.7 Å². The topological polar surface area (TPSA) is 104 Å². The highest BCUT2D eigenvalue weighted by Gasteiger charge is 2.25. The summed E-state index contributed by atoms with van der Waals surface area (Å²) < 4.78 is 68.3. The van der Waals surface area contributed by atoms with Crippen molar-refractivity contribution >= 4 is 28.5 Å². The highest BCUT2D eigenvalue weighted by atomic mass is 32.2. The molecule has 0 aromatic heterocycles. The Balaban J connectivity index is 2.15. The Kier molecular flexibility index (Phi) is 5.62. The van der Waals surface area contributed by atoms with Gasteiger partial charge in [-0.3, -0.25) is 4.57 Å². The molecular weight excluding hydrogens is 375 g/mol. The zero-order valence-electron chi connectivity index (χ0n) is 12.8. The lowest BCUT2D eigenvalue weighted by molar-refractivity contribution is 0.404. The van der Waals surface area contributed by atoms with E-state index in [-0.39, 0.29) is 9.79 Å². The van der Waals surface area contributed by atoms with Gasteiger partial charge in [0.2, 0.25) is 0 Å². The average Bonchev–Trinajstić information content (AvgIpc) is 2.46. The van der Waals surface area contributed by atoms with Gasteiger partial charge >= 0.3 is 28.5 Å². The van der Waals surface area contributed by atoms with Gasteiger partial charge in [-0.25, -0.2) is 0 Å². The maximum Gasteiger partial charge on any atom is 0.348 e. The summed E-state index contributed by atoms with van der Waals surface area (Å²) in [7, 11) is -12.6. The molecule has 0 aliphatic rings. The van der Waals surface area contributed by atoms with E-state index in [0.717, 1.165) is 11.1 Å². The molecular formula is C14H15O7PS2. The highest BCUT2D eigenvalue weighted by Crippen LogP contribution is 2.34. The molecule has 0 atom stereocenters. The van der Waals surface area contributed by atoms with Gasteiger partial charge < -0.3 is 0 Å². The van der Waals surface area contributed by atoms with Crippen molar-refractivity contribution < 1.29 is 29.3 Å². The molecule has 130 valence electrons. The smallest absolute Gasteiger partial charge is 0.261 e. The zero-order valence-corrected chi connectivity index (χ0v) is 15.4. The van der Waals surface area contributed by atoms with Crippen molar-refractivity contribution in [2.75, 3.05) is 0 Å². The van der Waals surface area contributed by atoms with E-state index in [1.165, 1.54) is 48.5 Å². The first-order chi connectivity index (χ1) is 11.1. The lowest BCUT2D eigenvalue weighted by Gasteiger charge is -2.07. The molecule has 0 unspecified atom stereocenters. The molecule has 0 saturated heterocycles. The number of benzene rings is 2. The van der Waals surface area contributed by atoms with Gasteiger partial charge in [0.05, 0.1) is 9.79 Å². The molecule has 2 aromatic carbocycles. The van der Waals surface area contributed by atoms with E-state index in [0.29, 0.717) is 0 Å². The van der Waals surface area contributed by atoms with Crippen LogP contribution in [0.15, 0.2) is 58.3 Å². The predicted molar refractivity (Wildman–Crippen MR) is 87.9 cm³/mol. The maximum atomic E-state index is 11.9. The van der Waals surface area contributed by atoms with Crippen LogP contribution in [0.2, 0.25) is 0 Å². The van der Waals surface area contributed by atoms with Crippen LogP contribution < -0.4 is 0 Å². The Bertz CT molecular complexity index is 868. The Morgan fingerprint density at radius 1 is 0.667 bits per heavy atom. The normalized spacial score (nSPS) is 12.5. The van der Waals surface area contributed by atoms with Gasteiger partial charge in [0.25, 0.3) is 0 Å². The van der Waals surface area contributed by atoms with E-state index in [1.807, 2.05) is 0 Å². The van der Waals surface area contributed by atoms with Crippen LogP contribution in [0, 0.1) is 13.8 Å². The molecule has 0 aliphatic heterocycles. The molecule has 10 heteroatoms. The molecule has 0 heterocycles. The highest BCUT2D eigenvalue weighted by molar-refractivity contribution is 7.92. The fourth-order valence-electron chi connectivity index (χ4n) is 1.70. The quantitative estimate of drug-likeness (QED) is 0.699. The van der Waals surface area contributed by atoms with Gasteiger partial charge in [-0.2, -0.15) is 24.8 Å². The van der Waals surface area contributed by atoms with Crippen molar-refractivity contribution in [1.29, 1.82) is 0 Å². The van der Waals surface area contributed by atoms with Gasteiger partial charge in [-0.1, -0.05) is 35.4 Å². The van der Waals surface area contributed by atoms with E-state index in [9.17, 15) is 21.4 Å². The molecule has 0 radical (unpaired) electrons. The van der Waals surface area contributed by atoms with Crippen LogP contribution in [0.1, 0.15) is 11.1 Å².